The van der Waals surface area contributed by atoms with Crippen molar-refractivity contribution in [3.05, 3.63) is 23.8 Å². The Morgan fingerprint density at radius 1 is 1.44 bits per heavy atom. The maximum absolute atomic E-state index is 11.7. The van der Waals surface area contributed by atoms with Crippen LogP contribution in [0.3, 0.4) is 0 Å². The SMILES string of the molecule is COc1ccc2c(c1)N(C(C)=O)C(C(=O)O)CC2. The van der Waals surface area contributed by atoms with Crippen molar-refractivity contribution in [1.29, 1.82) is 0 Å². The summed E-state index contributed by atoms with van der Waals surface area (Å²) in [4.78, 5) is 24.2. The van der Waals surface area contributed by atoms with Crippen LogP contribution in [0.25, 0.3) is 0 Å². The largest absolute Gasteiger partial charge is 0.497 e. The second-order valence-corrected chi connectivity index (χ2v) is 4.28. The molecule has 1 amide bonds. The molecule has 18 heavy (non-hydrogen) atoms. The first-order valence-corrected chi connectivity index (χ1v) is 5.74. The predicted octanol–water partition coefficient (Wildman–Crippen LogP) is 1.45. The van der Waals surface area contributed by atoms with Gasteiger partial charge in [0.05, 0.1) is 12.8 Å². The Bertz CT molecular complexity index is 498. The maximum Gasteiger partial charge on any atom is 0.326 e. The number of anilines is 1. The number of ether oxygens (including phenoxy) is 1. The minimum atomic E-state index is -0.973. The normalized spacial score (nSPS) is 18.1. The first kappa shape index (κ1) is 12.4. The van der Waals surface area contributed by atoms with E-state index in [9.17, 15) is 14.7 Å². The number of hydrogen-bond acceptors (Lipinski definition) is 3. The molecular weight excluding hydrogens is 234 g/mol. The van der Waals surface area contributed by atoms with E-state index >= 15 is 0 Å². The highest BCUT2D eigenvalue weighted by molar-refractivity contribution is 5.99. The molecule has 0 saturated heterocycles. The van der Waals surface area contributed by atoms with Gasteiger partial charge in [0, 0.05) is 13.0 Å². The first-order valence-electron chi connectivity index (χ1n) is 5.74. The van der Waals surface area contributed by atoms with Crippen molar-refractivity contribution >= 4 is 17.6 Å². The highest BCUT2D eigenvalue weighted by Crippen LogP contribution is 2.33. The third-order valence-corrected chi connectivity index (χ3v) is 3.18. The van der Waals surface area contributed by atoms with Crippen LogP contribution in [-0.2, 0) is 16.0 Å². The molecule has 0 saturated carbocycles. The van der Waals surface area contributed by atoms with Crippen LogP contribution >= 0.6 is 0 Å². The van der Waals surface area contributed by atoms with E-state index in [1.807, 2.05) is 12.1 Å². The fourth-order valence-corrected chi connectivity index (χ4v) is 2.32. The molecule has 1 aromatic rings. The molecule has 1 atom stereocenters. The molecule has 1 aromatic carbocycles. The maximum atomic E-state index is 11.7. The van der Waals surface area contributed by atoms with E-state index in [0.29, 0.717) is 24.3 Å². The molecule has 0 radical (unpaired) electrons. The first-order chi connectivity index (χ1) is 8.54. The summed E-state index contributed by atoms with van der Waals surface area (Å²) >= 11 is 0. The molecule has 1 N–H and O–H groups in total. The monoisotopic (exact) mass is 249 g/mol. The molecular formula is C13H15NO4. The van der Waals surface area contributed by atoms with E-state index in [0.717, 1.165) is 5.56 Å². The predicted molar refractivity (Wildman–Crippen MR) is 65.9 cm³/mol. The molecule has 1 unspecified atom stereocenters. The van der Waals surface area contributed by atoms with Gasteiger partial charge in [0.1, 0.15) is 11.8 Å². The molecule has 0 aliphatic carbocycles. The number of hydrogen-bond donors (Lipinski definition) is 1. The Morgan fingerprint density at radius 2 is 2.17 bits per heavy atom. The van der Waals surface area contributed by atoms with Gasteiger partial charge in [0.25, 0.3) is 0 Å². The van der Waals surface area contributed by atoms with Crippen LogP contribution in [0, 0.1) is 0 Å². The van der Waals surface area contributed by atoms with Gasteiger partial charge in [-0.1, -0.05) is 6.07 Å². The minimum absolute atomic E-state index is 0.267. The van der Waals surface area contributed by atoms with Crippen LogP contribution in [0.1, 0.15) is 18.9 Å². The van der Waals surface area contributed by atoms with Crippen molar-refractivity contribution < 1.29 is 19.4 Å². The Kier molecular flexibility index (Phi) is 3.23. The van der Waals surface area contributed by atoms with E-state index in [1.54, 1.807) is 6.07 Å². The number of nitrogens with zero attached hydrogens (tertiary/aromatic N) is 1. The molecule has 0 fully saturated rings. The van der Waals surface area contributed by atoms with Crippen LogP contribution in [-0.4, -0.2) is 30.1 Å². The zero-order valence-electron chi connectivity index (χ0n) is 10.3. The topological polar surface area (TPSA) is 66.8 Å². The summed E-state index contributed by atoms with van der Waals surface area (Å²) in [6, 6.07) is 4.62. The minimum Gasteiger partial charge on any atom is -0.497 e. The van der Waals surface area contributed by atoms with E-state index in [2.05, 4.69) is 0 Å². The molecule has 1 aliphatic rings. The summed E-state index contributed by atoms with van der Waals surface area (Å²) < 4.78 is 5.12. The lowest BCUT2D eigenvalue weighted by Gasteiger charge is -2.34. The van der Waals surface area contributed by atoms with Gasteiger partial charge >= 0.3 is 5.97 Å². The molecule has 5 heteroatoms. The van der Waals surface area contributed by atoms with Gasteiger partial charge in [-0.15, -0.1) is 0 Å². The highest BCUT2D eigenvalue weighted by Gasteiger charge is 2.34. The van der Waals surface area contributed by atoms with E-state index in [-0.39, 0.29) is 5.91 Å². The zero-order valence-corrected chi connectivity index (χ0v) is 10.3. The van der Waals surface area contributed by atoms with Crippen molar-refractivity contribution in [2.24, 2.45) is 0 Å². The third kappa shape index (κ3) is 2.03. The second kappa shape index (κ2) is 4.68. The Labute approximate surface area is 105 Å². The van der Waals surface area contributed by atoms with Crippen LogP contribution < -0.4 is 9.64 Å². The van der Waals surface area contributed by atoms with Gasteiger partial charge in [-0.2, -0.15) is 0 Å². The highest BCUT2D eigenvalue weighted by atomic mass is 16.5. The number of amides is 1. The zero-order chi connectivity index (χ0) is 13.3. The van der Waals surface area contributed by atoms with Gasteiger partial charge in [0.2, 0.25) is 5.91 Å². The van der Waals surface area contributed by atoms with Crippen LogP contribution in [0.4, 0.5) is 5.69 Å². The Balaban J connectivity index is 2.50. The Hall–Kier alpha value is -2.04. The molecule has 96 valence electrons. The van der Waals surface area contributed by atoms with Crippen molar-refractivity contribution in [1.82, 2.24) is 0 Å². The lowest BCUT2D eigenvalue weighted by Crippen LogP contribution is -2.47. The lowest BCUT2D eigenvalue weighted by atomic mass is 9.95. The summed E-state index contributed by atoms with van der Waals surface area (Å²) in [5, 5.41) is 9.18. The molecule has 1 aliphatic heterocycles. The average Bonchev–Trinajstić information content (AvgIpc) is 2.36. The number of carboxylic acids is 1. The molecule has 1 heterocycles. The number of carbonyl (C=O) groups is 2. The van der Waals surface area contributed by atoms with Gasteiger partial charge in [0.15, 0.2) is 0 Å². The Morgan fingerprint density at radius 3 is 2.72 bits per heavy atom. The number of carbonyl (C=O) groups excluding carboxylic acids is 1. The van der Waals surface area contributed by atoms with Crippen molar-refractivity contribution in [2.75, 3.05) is 12.0 Å². The average molecular weight is 249 g/mol. The van der Waals surface area contributed by atoms with Crippen molar-refractivity contribution in [2.45, 2.75) is 25.8 Å². The van der Waals surface area contributed by atoms with Crippen molar-refractivity contribution in [3.8, 4) is 5.75 Å². The van der Waals surface area contributed by atoms with E-state index < -0.39 is 12.0 Å². The van der Waals surface area contributed by atoms with Crippen molar-refractivity contribution in [3.63, 3.8) is 0 Å². The number of benzene rings is 1. The number of aliphatic carboxylic acids is 1. The van der Waals surface area contributed by atoms with Gasteiger partial charge < -0.3 is 9.84 Å². The van der Waals surface area contributed by atoms with E-state index in [1.165, 1.54) is 18.9 Å². The standard InChI is InChI=1S/C13H15NO4/c1-8(15)14-11(13(16)17)6-4-9-3-5-10(18-2)7-12(9)14/h3,5,7,11H,4,6H2,1-2H3,(H,16,17). The summed E-state index contributed by atoms with van der Waals surface area (Å²) in [7, 11) is 1.54. The van der Waals surface area contributed by atoms with Gasteiger partial charge in [-0.25, -0.2) is 4.79 Å². The fourth-order valence-electron chi connectivity index (χ4n) is 2.32. The molecule has 0 spiro atoms. The number of rotatable bonds is 2. The smallest absolute Gasteiger partial charge is 0.326 e. The number of methoxy groups -OCH3 is 1. The van der Waals surface area contributed by atoms with Crippen LogP contribution in [0.15, 0.2) is 18.2 Å². The molecule has 0 bridgehead atoms. The van der Waals surface area contributed by atoms with Crippen LogP contribution in [0.2, 0.25) is 0 Å². The fraction of sp³-hybridized carbons (Fsp3) is 0.385. The number of aryl methyl sites for hydroxylation is 1. The van der Waals surface area contributed by atoms with Gasteiger partial charge in [-0.05, 0) is 24.5 Å². The lowest BCUT2D eigenvalue weighted by molar-refractivity contribution is -0.140. The number of fused-ring (bicyclic) bond motifs is 1. The summed E-state index contributed by atoms with van der Waals surface area (Å²) in [6.45, 7) is 1.38. The summed E-state index contributed by atoms with van der Waals surface area (Å²) in [6.07, 6.45) is 1.09. The third-order valence-electron chi connectivity index (χ3n) is 3.18. The summed E-state index contributed by atoms with van der Waals surface area (Å²) in [5.41, 5.74) is 1.61. The summed E-state index contributed by atoms with van der Waals surface area (Å²) in [5.74, 6) is -0.624. The van der Waals surface area contributed by atoms with Gasteiger partial charge in [-0.3, -0.25) is 9.69 Å². The van der Waals surface area contributed by atoms with Crippen LogP contribution in [0.5, 0.6) is 5.75 Å². The molecule has 5 nitrogen and oxygen atoms in total. The van der Waals surface area contributed by atoms with E-state index in [4.69, 9.17) is 4.74 Å². The molecule has 0 aromatic heterocycles. The quantitative estimate of drug-likeness (QED) is 0.861. The number of carboxylic acid groups (broad SMARTS) is 1. The molecule has 2 rings (SSSR count). The second-order valence-electron chi connectivity index (χ2n) is 4.28.